The second-order valence-corrected chi connectivity index (χ2v) is 8.82. The van der Waals surface area contributed by atoms with Gasteiger partial charge in [0.05, 0.1) is 18.7 Å². The van der Waals surface area contributed by atoms with E-state index in [0.29, 0.717) is 12.0 Å². The molecule has 7 nitrogen and oxygen atoms in total. The molecule has 0 aromatic heterocycles. The summed E-state index contributed by atoms with van der Waals surface area (Å²) in [4.78, 5) is 50.6. The zero-order valence-corrected chi connectivity index (χ0v) is 17.6. The first-order valence-electron chi connectivity index (χ1n) is 10.7. The summed E-state index contributed by atoms with van der Waals surface area (Å²) in [6.07, 6.45) is -0.938. The molecular weight excluding hydrogens is 432 g/mol. The molecule has 2 aliphatic heterocycles. The second-order valence-electron chi connectivity index (χ2n) is 8.82. The van der Waals surface area contributed by atoms with Gasteiger partial charge in [0.15, 0.2) is 5.78 Å². The number of nitrogens with one attached hydrogen (secondary N) is 2. The Balaban J connectivity index is 1.30. The number of carbonyl (C=O) groups excluding carboxylic acids is 4. The van der Waals surface area contributed by atoms with E-state index in [4.69, 9.17) is 0 Å². The standard InChI is InChI=1S/C24H21F2N3O4/c25-24(26)10-8-23(9-11-24)21(32)29(22(33)28-23)13-18(30)15-6-4-14(5-7-15)17-3-1-2-16-12-19(31)27-20(16)17/h1-7H,8-13H2,(H,27,31)(H,28,33). The monoisotopic (exact) mass is 453 g/mol. The van der Waals surface area contributed by atoms with E-state index >= 15 is 0 Å². The van der Waals surface area contributed by atoms with Crippen LogP contribution in [-0.4, -0.2) is 46.5 Å². The SMILES string of the molecule is O=C1Cc2cccc(-c3ccc(C(=O)CN4C(=O)NC5(CCC(F)(F)CC5)C4=O)cc3)c2N1. The third kappa shape index (κ3) is 3.67. The molecule has 2 fully saturated rings. The summed E-state index contributed by atoms with van der Waals surface area (Å²) in [5, 5.41) is 5.39. The molecule has 0 unspecified atom stereocenters. The maximum absolute atomic E-state index is 13.5. The van der Waals surface area contributed by atoms with Gasteiger partial charge in [-0.25, -0.2) is 13.6 Å². The highest BCUT2D eigenvalue weighted by Crippen LogP contribution is 2.41. The van der Waals surface area contributed by atoms with Gasteiger partial charge in [0.1, 0.15) is 5.54 Å². The van der Waals surface area contributed by atoms with E-state index < -0.39 is 48.6 Å². The predicted molar refractivity (Wildman–Crippen MR) is 115 cm³/mol. The number of nitrogens with zero attached hydrogens (tertiary/aromatic N) is 1. The van der Waals surface area contributed by atoms with Crippen LogP contribution in [0.2, 0.25) is 0 Å². The average Bonchev–Trinajstić information content (AvgIpc) is 3.28. The Hall–Kier alpha value is -3.62. The molecule has 1 spiro atoms. The van der Waals surface area contributed by atoms with Crippen molar-refractivity contribution in [3.8, 4) is 11.1 Å². The van der Waals surface area contributed by atoms with Crippen LogP contribution in [0.1, 0.15) is 41.6 Å². The number of amides is 4. The van der Waals surface area contributed by atoms with Crippen molar-refractivity contribution in [2.75, 3.05) is 11.9 Å². The molecule has 9 heteroatoms. The summed E-state index contributed by atoms with van der Waals surface area (Å²) in [5.74, 6) is -3.97. The van der Waals surface area contributed by atoms with E-state index in [1.165, 1.54) is 0 Å². The topological polar surface area (TPSA) is 95.6 Å². The maximum atomic E-state index is 13.5. The van der Waals surface area contributed by atoms with Gasteiger partial charge in [-0.05, 0) is 24.0 Å². The summed E-state index contributed by atoms with van der Waals surface area (Å²) in [5.41, 5.74) is 2.27. The second kappa shape index (κ2) is 7.47. The summed E-state index contributed by atoms with van der Waals surface area (Å²) in [7, 11) is 0. The van der Waals surface area contributed by atoms with Gasteiger partial charge in [0.2, 0.25) is 11.8 Å². The molecule has 1 saturated heterocycles. The van der Waals surface area contributed by atoms with Crippen molar-refractivity contribution in [3.05, 3.63) is 53.6 Å². The number of carbonyl (C=O) groups is 4. The van der Waals surface area contributed by atoms with Gasteiger partial charge in [0, 0.05) is 24.0 Å². The van der Waals surface area contributed by atoms with Gasteiger partial charge in [-0.2, -0.15) is 0 Å². The lowest BCUT2D eigenvalue weighted by Crippen LogP contribution is -2.51. The zero-order valence-electron chi connectivity index (χ0n) is 17.6. The third-order valence-corrected chi connectivity index (χ3v) is 6.67. The van der Waals surface area contributed by atoms with Crippen LogP contribution in [0.4, 0.5) is 19.3 Å². The molecule has 170 valence electrons. The van der Waals surface area contributed by atoms with Crippen LogP contribution in [0.25, 0.3) is 11.1 Å². The first kappa shape index (κ1) is 21.2. The molecule has 2 heterocycles. The number of fused-ring (bicyclic) bond motifs is 1. The Morgan fingerprint density at radius 1 is 0.970 bits per heavy atom. The highest BCUT2D eigenvalue weighted by atomic mass is 19.3. The fourth-order valence-electron chi connectivity index (χ4n) is 4.76. The lowest BCUT2D eigenvalue weighted by atomic mass is 9.80. The molecule has 2 aromatic carbocycles. The van der Waals surface area contributed by atoms with E-state index in [1.807, 2.05) is 18.2 Å². The largest absolute Gasteiger partial charge is 0.325 e. The number of halogens is 2. The Labute approximate surface area is 188 Å². The van der Waals surface area contributed by atoms with Gasteiger partial charge in [-0.1, -0.05) is 42.5 Å². The van der Waals surface area contributed by atoms with Crippen molar-refractivity contribution in [1.29, 1.82) is 0 Å². The number of urea groups is 1. The lowest BCUT2D eigenvalue weighted by Gasteiger charge is -2.34. The van der Waals surface area contributed by atoms with Crippen LogP contribution in [0.3, 0.4) is 0 Å². The minimum atomic E-state index is -2.84. The number of imide groups is 1. The number of hydrogen-bond donors (Lipinski definition) is 2. The average molecular weight is 453 g/mol. The number of rotatable bonds is 4. The normalized spacial score (nSPS) is 20.5. The highest BCUT2D eigenvalue weighted by Gasteiger charge is 2.55. The molecule has 33 heavy (non-hydrogen) atoms. The van der Waals surface area contributed by atoms with Gasteiger partial charge < -0.3 is 10.6 Å². The minimum Gasteiger partial charge on any atom is -0.325 e. The molecule has 1 saturated carbocycles. The van der Waals surface area contributed by atoms with E-state index in [1.54, 1.807) is 24.3 Å². The summed E-state index contributed by atoms with van der Waals surface area (Å²) >= 11 is 0. The van der Waals surface area contributed by atoms with Gasteiger partial charge in [-0.15, -0.1) is 0 Å². The van der Waals surface area contributed by atoms with Crippen molar-refractivity contribution >= 4 is 29.3 Å². The third-order valence-electron chi connectivity index (χ3n) is 6.67. The van der Waals surface area contributed by atoms with Crippen LogP contribution < -0.4 is 10.6 Å². The maximum Gasteiger partial charge on any atom is 0.325 e. The fourth-order valence-corrected chi connectivity index (χ4v) is 4.76. The predicted octanol–water partition coefficient (Wildman–Crippen LogP) is 3.53. The highest BCUT2D eigenvalue weighted by molar-refractivity contribution is 6.11. The summed E-state index contributed by atoms with van der Waals surface area (Å²) in [6.45, 7) is -0.459. The van der Waals surface area contributed by atoms with E-state index in [9.17, 15) is 28.0 Å². The Bertz CT molecular complexity index is 1180. The quantitative estimate of drug-likeness (QED) is 0.547. The van der Waals surface area contributed by atoms with Crippen molar-refractivity contribution < 1.29 is 28.0 Å². The van der Waals surface area contributed by atoms with Gasteiger partial charge in [-0.3, -0.25) is 19.3 Å². The molecule has 0 atom stereocenters. The number of ketones is 1. The van der Waals surface area contributed by atoms with Crippen LogP contribution in [0.5, 0.6) is 0 Å². The number of anilines is 1. The summed E-state index contributed by atoms with van der Waals surface area (Å²) < 4.78 is 27.1. The Kier molecular flexibility index (Phi) is 4.81. The van der Waals surface area contributed by atoms with Crippen LogP contribution in [0, 0.1) is 0 Å². The van der Waals surface area contributed by atoms with Crippen LogP contribution in [-0.2, 0) is 16.0 Å². The fraction of sp³-hybridized carbons (Fsp3) is 0.333. The number of alkyl halides is 2. The van der Waals surface area contributed by atoms with Crippen molar-refractivity contribution in [1.82, 2.24) is 10.2 Å². The molecule has 0 radical (unpaired) electrons. The summed E-state index contributed by atoms with van der Waals surface area (Å²) in [6, 6.07) is 11.6. The molecule has 2 aromatic rings. The van der Waals surface area contributed by atoms with Gasteiger partial charge >= 0.3 is 6.03 Å². The van der Waals surface area contributed by atoms with Gasteiger partial charge in [0.25, 0.3) is 5.91 Å². The van der Waals surface area contributed by atoms with Crippen molar-refractivity contribution in [2.24, 2.45) is 0 Å². The molecule has 5 rings (SSSR count). The lowest BCUT2D eigenvalue weighted by molar-refractivity contribution is -0.135. The van der Waals surface area contributed by atoms with E-state index in [0.717, 1.165) is 27.3 Å². The number of benzene rings is 2. The Morgan fingerprint density at radius 2 is 1.67 bits per heavy atom. The Morgan fingerprint density at radius 3 is 2.36 bits per heavy atom. The molecule has 4 amide bonds. The van der Waals surface area contributed by atoms with E-state index in [2.05, 4.69) is 10.6 Å². The van der Waals surface area contributed by atoms with Crippen LogP contribution in [0.15, 0.2) is 42.5 Å². The molecule has 1 aliphatic carbocycles. The number of hydrogen-bond acceptors (Lipinski definition) is 4. The number of Topliss-reactive ketones (excluding diaryl/α,β-unsaturated/α-hetero) is 1. The van der Waals surface area contributed by atoms with E-state index in [-0.39, 0.29) is 18.7 Å². The molecule has 3 aliphatic rings. The van der Waals surface area contributed by atoms with Crippen molar-refractivity contribution in [2.45, 2.75) is 43.6 Å². The van der Waals surface area contributed by atoms with Crippen LogP contribution >= 0.6 is 0 Å². The first-order valence-corrected chi connectivity index (χ1v) is 10.7. The molecular formula is C24H21F2N3O4. The molecule has 2 N–H and O–H groups in total. The smallest absolute Gasteiger partial charge is 0.325 e. The molecule has 0 bridgehead atoms. The zero-order chi connectivity index (χ0) is 23.4. The minimum absolute atomic E-state index is 0.0720. The van der Waals surface area contributed by atoms with Crippen molar-refractivity contribution in [3.63, 3.8) is 0 Å². The number of para-hydroxylation sites is 1. The first-order chi connectivity index (χ1) is 15.7.